The smallest absolute Gasteiger partial charge is 0.290 e. The van der Waals surface area contributed by atoms with Crippen LogP contribution in [-0.4, -0.2) is 56.5 Å². The molecule has 0 aromatic heterocycles. The van der Waals surface area contributed by atoms with Gasteiger partial charge in [-0.3, -0.25) is 19.2 Å². The van der Waals surface area contributed by atoms with Gasteiger partial charge in [0.2, 0.25) is 0 Å². The molecule has 2 aromatic rings. The van der Waals surface area contributed by atoms with Crippen LogP contribution < -0.4 is 0 Å². The summed E-state index contributed by atoms with van der Waals surface area (Å²) in [5.41, 5.74) is 1.46. The Bertz CT molecular complexity index is 1150. The molecule has 0 aliphatic carbocycles. The van der Waals surface area contributed by atoms with Crippen LogP contribution >= 0.6 is 0 Å². The van der Waals surface area contributed by atoms with Crippen LogP contribution in [-0.2, 0) is 19.2 Å². The molecule has 2 aliphatic heterocycles. The van der Waals surface area contributed by atoms with Crippen LogP contribution in [0.1, 0.15) is 43.5 Å². The quantitative estimate of drug-likeness (QED) is 0.606. The standard InChI is InChI=1S/C27H26N2O6/c1-16(30)20-22(18-10-5-3-6-11-18)28(26(34)24(20)32)14-9-15-29-23(19-12-7-4-8-13-19)21(17(2)31)25(33)27(29)35/h3-8,10-13,22-23,32-33H,9,14-15H2,1-2H3/t22-,23+. The molecule has 35 heavy (non-hydrogen) atoms. The van der Waals surface area contributed by atoms with E-state index in [2.05, 4.69) is 0 Å². The van der Waals surface area contributed by atoms with Crippen molar-refractivity contribution in [2.24, 2.45) is 0 Å². The molecule has 0 spiro atoms. The molecule has 8 nitrogen and oxygen atoms in total. The van der Waals surface area contributed by atoms with E-state index in [9.17, 15) is 29.4 Å². The number of carbonyl (C=O) groups is 4. The van der Waals surface area contributed by atoms with Crippen molar-refractivity contribution in [1.82, 2.24) is 9.80 Å². The molecule has 2 aliphatic rings. The molecule has 2 amide bonds. The maximum absolute atomic E-state index is 12.9. The van der Waals surface area contributed by atoms with Crippen LogP contribution in [0, 0.1) is 0 Å². The van der Waals surface area contributed by atoms with Gasteiger partial charge in [0.25, 0.3) is 11.8 Å². The molecule has 4 rings (SSSR count). The lowest BCUT2D eigenvalue weighted by atomic mass is 9.96. The monoisotopic (exact) mass is 474 g/mol. The number of aliphatic hydroxyl groups excluding tert-OH is 2. The fraction of sp³-hybridized carbons (Fsp3) is 0.259. The zero-order valence-electron chi connectivity index (χ0n) is 19.5. The second kappa shape index (κ2) is 9.58. The minimum Gasteiger partial charge on any atom is -0.503 e. The summed E-state index contributed by atoms with van der Waals surface area (Å²) in [4.78, 5) is 53.1. The summed E-state index contributed by atoms with van der Waals surface area (Å²) in [6, 6.07) is 16.4. The lowest BCUT2D eigenvalue weighted by Crippen LogP contribution is -2.36. The van der Waals surface area contributed by atoms with Gasteiger partial charge in [-0.25, -0.2) is 0 Å². The SMILES string of the molecule is CC(=O)C1=C(O)C(=O)N(CCCN2C(=O)C(O)=C(C(C)=O)[C@H]2c2ccccc2)[C@H]1c1ccccc1. The fourth-order valence-corrected chi connectivity index (χ4v) is 4.86. The summed E-state index contributed by atoms with van der Waals surface area (Å²) >= 11 is 0. The summed E-state index contributed by atoms with van der Waals surface area (Å²) in [6.07, 6.45) is 0.293. The van der Waals surface area contributed by atoms with E-state index in [1.165, 1.54) is 23.6 Å². The Kier molecular flexibility index (Phi) is 6.55. The van der Waals surface area contributed by atoms with Crippen LogP contribution in [0.3, 0.4) is 0 Å². The Morgan fingerprint density at radius 3 is 1.34 bits per heavy atom. The number of ketones is 2. The first-order valence-electron chi connectivity index (χ1n) is 11.3. The van der Waals surface area contributed by atoms with Crippen LogP contribution in [0.2, 0.25) is 0 Å². The number of aliphatic hydroxyl groups is 2. The van der Waals surface area contributed by atoms with Gasteiger partial charge in [0.1, 0.15) is 0 Å². The predicted octanol–water partition coefficient (Wildman–Crippen LogP) is 3.35. The van der Waals surface area contributed by atoms with E-state index in [0.717, 1.165) is 0 Å². The van der Waals surface area contributed by atoms with Crippen molar-refractivity contribution in [3.63, 3.8) is 0 Å². The van der Waals surface area contributed by atoms with Gasteiger partial charge in [-0.2, -0.15) is 0 Å². The topological polar surface area (TPSA) is 115 Å². The Morgan fingerprint density at radius 2 is 1.03 bits per heavy atom. The van der Waals surface area contributed by atoms with Gasteiger partial charge >= 0.3 is 0 Å². The third kappa shape index (κ3) is 4.23. The highest BCUT2D eigenvalue weighted by molar-refractivity contribution is 6.09. The molecule has 0 radical (unpaired) electrons. The molecule has 0 unspecified atom stereocenters. The number of nitrogens with zero attached hydrogens (tertiary/aromatic N) is 2. The van der Waals surface area contributed by atoms with Crippen LogP contribution in [0.4, 0.5) is 0 Å². The average Bonchev–Trinajstić information content (AvgIpc) is 3.25. The van der Waals surface area contributed by atoms with E-state index in [1.807, 2.05) is 12.1 Å². The Morgan fingerprint density at radius 1 is 0.686 bits per heavy atom. The van der Waals surface area contributed by atoms with Crippen molar-refractivity contribution in [2.75, 3.05) is 13.1 Å². The fourth-order valence-electron chi connectivity index (χ4n) is 4.86. The second-order valence-electron chi connectivity index (χ2n) is 8.61. The molecule has 2 atom stereocenters. The first-order chi connectivity index (χ1) is 16.7. The molecular weight excluding hydrogens is 448 g/mol. The van der Waals surface area contributed by atoms with Crippen molar-refractivity contribution in [2.45, 2.75) is 32.4 Å². The second-order valence-corrected chi connectivity index (χ2v) is 8.61. The van der Waals surface area contributed by atoms with Crippen molar-refractivity contribution in [3.05, 3.63) is 94.5 Å². The maximum atomic E-state index is 12.9. The van der Waals surface area contributed by atoms with Crippen molar-refractivity contribution >= 4 is 23.4 Å². The highest BCUT2D eigenvalue weighted by Crippen LogP contribution is 2.39. The Labute approximate surface area is 202 Å². The highest BCUT2D eigenvalue weighted by Gasteiger charge is 2.44. The van der Waals surface area contributed by atoms with Crippen molar-refractivity contribution in [1.29, 1.82) is 0 Å². The summed E-state index contributed by atoms with van der Waals surface area (Å²) < 4.78 is 0. The van der Waals surface area contributed by atoms with Gasteiger partial charge in [0.15, 0.2) is 23.1 Å². The summed E-state index contributed by atoms with van der Waals surface area (Å²) in [7, 11) is 0. The van der Waals surface area contributed by atoms with Crippen molar-refractivity contribution < 1.29 is 29.4 Å². The molecule has 0 saturated carbocycles. The summed E-state index contributed by atoms with van der Waals surface area (Å²) in [6.45, 7) is 2.90. The van der Waals surface area contributed by atoms with Gasteiger partial charge in [-0.1, -0.05) is 60.7 Å². The minimum absolute atomic E-state index is 0.0405. The molecule has 8 heteroatoms. The number of hydrogen-bond donors (Lipinski definition) is 2. The zero-order chi connectivity index (χ0) is 25.3. The van der Waals surface area contributed by atoms with Crippen LogP contribution in [0.15, 0.2) is 83.3 Å². The van der Waals surface area contributed by atoms with E-state index in [0.29, 0.717) is 17.5 Å². The minimum atomic E-state index is -0.736. The van der Waals surface area contributed by atoms with E-state index in [1.54, 1.807) is 48.5 Å². The van der Waals surface area contributed by atoms with Crippen LogP contribution in [0.5, 0.6) is 0 Å². The molecule has 0 fully saturated rings. The van der Waals surface area contributed by atoms with E-state index in [-0.39, 0.29) is 24.2 Å². The number of carbonyl (C=O) groups excluding carboxylic acids is 4. The third-order valence-electron chi connectivity index (χ3n) is 6.39. The van der Waals surface area contributed by atoms with Crippen LogP contribution in [0.25, 0.3) is 0 Å². The van der Waals surface area contributed by atoms with E-state index in [4.69, 9.17) is 0 Å². The van der Waals surface area contributed by atoms with Gasteiger partial charge in [0, 0.05) is 13.1 Å². The number of hydrogen-bond acceptors (Lipinski definition) is 6. The zero-order valence-corrected chi connectivity index (χ0v) is 19.5. The largest absolute Gasteiger partial charge is 0.503 e. The highest BCUT2D eigenvalue weighted by atomic mass is 16.3. The Hall–Kier alpha value is -4.20. The number of amides is 2. The first kappa shape index (κ1) is 23.9. The van der Waals surface area contributed by atoms with E-state index < -0.39 is 47.0 Å². The Balaban J connectivity index is 1.57. The average molecular weight is 475 g/mol. The number of benzene rings is 2. The molecule has 2 N–H and O–H groups in total. The lowest BCUT2D eigenvalue weighted by molar-refractivity contribution is -0.130. The molecule has 180 valence electrons. The third-order valence-corrected chi connectivity index (χ3v) is 6.39. The maximum Gasteiger partial charge on any atom is 0.290 e. The summed E-state index contributed by atoms with van der Waals surface area (Å²) in [5.74, 6) is -3.23. The normalized spacial score (nSPS) is 20.3. The number of rotatable bonds is 8. The van der Waals surface area contributed by atoms with Gasteiger partial charge < -0.3 is 20.0 Å². The molecule has 2 heterocycles. The molecule has 2 aromatic carbocycles. The van der Waals surface area contributed by atoms with Gasteiger partial charge in [0.05, 0.1) is 23.2 Å². The number of Topliss-reactive ketones (excluding diaryl/α,β-unsaturated/α-hetero) is 2. The van der Waals surface area contributed by atoms with Gasteiger partial charge in [-0.05, 0) is 31.4 Å². The van der Waals surface area contributed by atoms with Gasteiger partial charge in [-0.15, -0.1) is 0 Å². The molecule has 0 saturated heterocycles. The lowest BCUT2D eigenvalue weighted by Gasteiger charge is -2.30. The van der Waals surface area contributed by atoms with Crippen molar-refractivity contribution in [3.8, 4) is 0 Å². The summed E-state index contributed by atoms with van der Waals surface area (Å²) in [5, 5.41) is 20.9. The first-order valence-corrected chi connectivity index (χ1v) is 11.3. The van der Waals surface area contributed by atoms with E-state index >= 15 is 0 Å². The predicted molar refractivity (Wildman–Crippen MR) is 127 cm³/mol. The molecular formula is C27H26N2O6. The molecule has 0 bridgehead atoms.